The first kappa shape index (κ1) is 18.7. The monoisotopic (exact) mass is 392 g/mol. The molecule has 1 atom stereocenters. The van der Waals surface area contributed by atoms with E-state index in [1.54, 1.807) is 43.3 Å². The number of hydrogen-bond acceptors (Lipinski definition) is 5. The normalized spacial score (nSPS) is 16.0. The summed E-state index contributed by atoms with van der Waals surface area (Å²) < 4.78 is 5.18. The molecule has 0 spiro atoms. The lowest BCUT2D eigenvalue weighted by atomic mass is 10.1. The van der Waals surface area contributed by atoms with E-state index in [-0.39, 0.29) is 23.1 Å². The van der Waals surface area contributed by atoms with Gasteiger partial charge in [0, 0.05) is 29.6 Å². The Bertz CT molecular complexity index is 1100. The van der Waals surface area contributed by atoms with Crippen molar-refractivity contribution in [1.82, 2.24) is 14.9 Å². The van der Waals surface area contributed by atoms with Gasteiger partial charge in [0.2, 0.25) is 5.91 Å². The van der Waals surface area contributed by atoms with E-state index in [1.165, 1.54) is 17.2 Å². The van der Waals surface area contributed by atoms with Crippen molar-refractivity contribution in [3.63, 3.8) is 0 Å². The number of carbonyl (C=O) groups is 2. The van der Waals surface area contributed by atoms with Crippen molar-refractivity contribution in [2.24, 2.45) is 0 Å². The molecule has 1 aliphatic rings. The lowest BCUT2D eigenvalue weighted by Gasteiger charge is -2.23. The van der Waals surface area contributed by atoms with Crippen molar-refractivity contribution in [3.05, 3.63) is 70.5 Å². The molecule has 2 N–H and O–H groups in total. The van der Waals surface area contributed by atoms with Crippen molar-refractivity contribution < 1.29 is 14.0 Å². The number of rotatable bonds is 4. The lowest BCUT2D eigenvalue weighted by molar-refractivity contribution is -0.119. The predicted molar refractivity (Wildman–Crippen MR) is 106 cm³/mol. The number of aromatic nitrogens is 2. The van der Waals surface area contributed by atoms with Gasteiger partial charge in [0.25, 0.3) is 11.5 Å². The van der Waals surface area contributed by atoms with Gasteiger partial charge in [-0.15, -0.1) is 0 Å². The van der Waals surface area contributed by atoms with Gasteiger partial charge in [0.05, 0.1) is 6.26 Å². The molecule has 0 saturated carbocycles. The van der Waals surface area contributed by atoms with Crippen molar-refractivity contribution in [3.8, 4) is 11.4 Å². The molecule has 1 unspecified atom stereocenters. The molecule has 0 bridgehead atoms. The Morgan fingerprint density at radius 3 is 2.86 bits per heavy atom. The maximum atomic E-state index is 12.8. The molecule has 29 heavy (non-hydrogen) atoms. The van der Waals surface area contributed by atoms with Gasteiger partial charge < -0.3 is 19.6 Å². The fourth-order valence-electron chi connectivity index (χ4n) is 3.51. The molecule has 1 aromatic carbocycles. The fourth-order valence-corrected chi connectivity index (χ4v) is 3.51. The molecule has 1 fully saturated rings. The van der Waals surface area contributed by atoms with Crippen LogP contribution in [0.4, 0.5) is 5.69 Å². The van der Waals surface area contributed by atoms with Crippen LogP contribution in [0.5, 0.6) is 0 Å². The second-order valence-corrected chi connectivity index (χ2v) is 6.94. The zero-order valence-electron chi connectivity index (χ0n) is 15.8. The molecule has 3 aromatic rings. The van der Waals surface area contributed by atoms with E-state index in [1.807, 2.05) is 0 Å². The highest BCUT2D eigenvalue weighted by molar-refractivity contribution is 6.00. The Morgan fingerprint density at radius 2 is 2.10 bits per heavy atom. The minimum Gasteiger partial charge on any atom is -0.459 e. The van der Waals surface area contributed by atoms with E-state index in [0.717, 1.165) is 6.42 Å². The fraction of sp³-hybridized carbons (Fsp3) is 0.238. The van der Waals surface area contributed by atoms with E-state index in [0.29, 0.717) is 35.7 Å². The van der Waals surface area contributed by atoms with Crippen LogP contribution in [0, 0.1) is 6.92 Å². The number of furan rings is 1. The molecule has 8 nitrogen and oxygen atoms in total. The minimum absolute atomic E-state index is 0.223. The topological polar surface area (TPSA) is 108 Å². The van der Waals surface area contributed by atoms with Gasteiger partial charge in [-0.05, 0) is 44.0 Å². The predicted octanol–water partition coefficient (Wildman–Crippen LogP) is 2.58. The summed E-state index contributed by atoms with van der Waals surface area (Å²) in [6.45, 7) is 2.25. The minimum atomic E-state index is -0.562. The molecule has 2 aromatic heterocycles. The zero-order chi connectivity index (χ0) is 20.4. The first-order valence-corrected chi connectivity index (χ1v) is 9.35. The molecular weight excluding hydrogens is 372 g/mol. The van der Waals surface area contributed by atoms with Crippen LogP contribution in [0.15, 0.2) is 57.9 Å². The molecule has 0 radical (unpaired) electrons. The molecular formula is C21H20N4O4. The van der Waals surface area contributed by atoms with Crippen LogP contribution in [0.1, 0.15) is 29.1 Å². The standard InChI is InChI=1S/C21H20N4O4/c1-13-11-18(26)24-19(22-13)14-5-2-6-15(12-14)23-20(27)16-7-3-9-25(16)21(28)17-8-4-10-29-17/h2,4-6,8,10-12,16H,3,7,9H2,1H3,(H,23,27)(H,22,24,26). The summed E-state index contributed by atoms with van der Waals surface area (Å²) in [5.74, 6) is 0.107. The Labute approximate surface area is 166 Å². The second-order valence-electron chi connectivity index (χ2n) is 6.94. The van der Waals surface area contributed by atoms with E-state index in [4.69, 9.17) is 4.42 Å². The Hall–Kier alpha value is -3.68. The number of aromatic amines is 1. The Balaban J connectivity index is 1.52. The number of anilines is 1. The summed E-state index contributed by atoms with van der Waals surface area (Å²) in [6.07, 6.45) is 2.78. The third kappa shape index (κ3) is 3.96. The van der Waals surface area contributed by atoms with Crippen molar-refractivity contribution >= 4 is 17.5 Å². The molecule has 2 amide bonds. The number of aryl methyl sites for hydroxylation is 1. The van der Waals surface area contributed by atoms with Crippen LogP contribution in [0.3, 0.4) is 0 Å². The summed E-state index contributed by atoms with van der Waals surface area (Å²) in [5.41, 5.74) is 1.61. The number of nitrogens with one attached hydrogen (secondary N) is 2. The number of amides is 2. The third-order valence-electron chi connectivity index (χ3n) is 4.82. The van der Waals surface area contributed by atoms with Crippen molar-refractivity contribution in [2.45, 2.75) is 25.8 Å². The zero-order valence-corrected chi connectivity index (χ0v) is 15.8. The van der Waals surface area contributed by atoms with Crippen molar-refractivity contribution in [2.75, 3.05) is 11.9 Å². The van der Waals surface area contributed by atoms with Gasteiger partial charge in [-0.3, -0.25) is 14.4 Å². The van der Waals surface area contributed by atoms with Crippen LogP contribution >= 0.6 is 0 Å². The third-order valence-corrected chi connectivity index (χ3v) is 4.82. The first-order chi connectivity index (χ1) is 14.0. The number of benzene rings is 1. The van der Waals surface area contributed by atoms with E-state index >= 15 is 0 Å². The number of H-pyrrole nitrogens is 1. The first-order valence-electron chi connectivity index (χ1n) is 9.35. The SMILES string of the molecule is Cc1cc(=O)[nH]c(-c2cccc(NC(=O)C3CCCN3C(=O)c3ccco3)c2)n1. The lowest BCUT2D eigenvalue weighted by Crippen LogP contribution is -2.43. The highest BCUT2D eigenvalue weighted by Crippen LogP contribution is 2.23. The van der Waals surface area contributed by atoms with E-state index < -0.39 is 6.04 Å². The Kier molecular flexibility index (Phi) is 4.99. The Morgan fingerprint density at radius 1 is 1.24 bits per heavy atom. The van der Waals surface area contributed by atoms with Crippen LogP contribution in [0.2, 0.25) is 0 Å². The molecule has 1 saturated heterocycles. The molecule has 8 heteroatoms. The molecule has 148 valence electrons. The number of nitrogens with zero attached hydrogens (tertiary/aromatic N) is 2. The van der Waals surface area contributed by atoms with Crippen LogP contribution in [-0.4, -0.2) is 39.3 Å². The number of carbonyl (C=O) groups excluding carboxylic acids is 2. The van der Waals surface area contributed by atoms with Gasteiger partial charge in [-0.2, -0.15) is 0 Å². The van der Waals surface area contributed by atoms with Crippen LogP contribution < -0.4 is 10.9 Å². The summed E-state index contributed by atoms with van der Waals surface area (Å²) in [7, 11) is 0. The smallest absolute Gasteiger partial charge is 0.290 e. The summed E-state index contributed by atoms with van der Waals surface area (Å²) in [4.78, 5) is 45.7. The molecule has 1 aliphatic heterocycles. The van der Waals surface area contributed by atoms with Gasteiger partial charge in [0.1, 0.15) is 11.9 Å². The maximum absolute atomic E-state index is 12.8. The molecule has 3 heterocycles. The average molecular weight is 392 g/mol. The molecule has 0 aliphatic carbocycles. The van der Waals surface area contributed by atoms with Gasteiger partial charge in [-0.25, -0.2) is 4.98 Å². The van der Waals surface area contributed by atoms with E-state index in [2.05, 4.69) is 15.3 Å². The average Bonchev–Trinajstić information content (AvgIpc) is 3.39. The summed E-state index contributed by atoms with van der Waals surface area (Å²) >= 11 is 0. The van der Waals surface area contributed by atoms with Crippen LogP contribution in [-0.2, 0) is 4.79 Å². The van der Waals surface area contributed by atoms with Gasteiger partial charge in [-0.1, -0.05) is 12.1 Å². The van der Waals surface area contributed by atoms with Gasteiger partial charge >= 0.3 is 0 Å². The molecule has 4 rings (SSSR count). The summed E-state index contributed by atoms with van der Waals surface area (Å²) in [5, 5.41) is 2.87. The quantitative estimate of drug-likeness (QED) is 0.709. The highest BCUT2D eigenvalue weighted by atomic mass is 16.3. The van der Waals surface area contributed by atoms with Crippen LogP contribution in [0.25, 0.3) is 11.4 Å². The van der Waals surface area contributed by atoms with E-state index in [9.17, 15) is 14.4 Å². The summed E-state index contributed by atoms with van der Waals surface area (Å²) in [6, 6.07) is 11.2. The number of likely N-dealkylation sites (tertiary alicyclic amines) is 1. The largest absolute Gasteiger partial charge is 0.459 e. The van der Waals surface area contributed by atoms with Crippen molar-refractivity contribution in [1.29, 1.82) is 0 Å². The highest BCUT2D eigenvalue weighted by Gasteiger charge is 2.35. The number of hydrogen-bond donors (Lipinski definition) is 2. The maximum Gasteiger partial charge on any atom is 0.290 e. The second kappa shape index (κ2) is 7.75. The van der Waals surface area contributed by atoms with Gasteiger partial charge in [0.15, 0.2) is 5.76 Å².